The molecule has 3 heterocycles. The fourth-order valence-corrected chi connectivity index (χ4v) is 6.20. The van der Waals surface area contributed by atoms with Crippen molar-refractivity contribution in [3.05, 3.63) is 89.1 Å². The fourth-order valence-electron chi connectivity index (χ4n) is 6.20. The Kier molecular flexibility index (Phi) is 9.91. The summed E-state index contributed by atoms with van der Waals surface area (Å²) in [4.78, 5) is 20.0. The number of nitrogens with one attached hydrogen (secondary N) is 2. The number of hydrogen-bond donors (Lipinski definition) is 3. The summed E-state index contributed by atoms with van der Waals surface area (Å²) < 4.78 is 28.2. The minimum absolute atomic E-state index is 0.0207. The molecular formula is C35H41FN6O4. The molecular weight excluding hydrogens is 587 g/mol. The van der Waals surface area contributed by atoms with Crippen LogP contribution in [0, 0.1) is 12.7 Å². The minimum atomic E-state index is -0.647. The standard InChI is InChI=1S/C35H41FN6O4/c1-23-18-28(40-41(23)2)21-37-26-8-10-27(11-9-26)39-34(44)30-19-25(36)20-38-35(30)46-33-31(22-42-14-16-45-17-15-42)29(12-13-32(33)43)24-6-4-3-5-7-24/h3-7,12-13,18-20,26-27,37,43H,8-11,14-17,21-22H2,1-2H3,(H,39,44). The van der Waals surface area contributed by atoms with Gasteiger partial charge < -0.3 is 25.2 Å². The van der Waals surface area contributed by atoms with Gasteiger partial charge in [0.25, 0.3) is 5.91 Å². The van der Waals surface area contributed by atoms with Crippen LogP contribution in [0.2, 0.25) is 0 Å². The molecule has 2 aromatic heterocycles. The summed E-state index contributed by atoms with van der Waals surface area (Å²) in [6, 6.07) is 16.8. The Morgan fingerprint density at radius 1 is 1.07 bits per heavy atom. The highest BCUT2D eigenvalue weighted by molar-refractivity contribution is 5.96. The molecule has 1 aliphatic carbocycles. The van der Waals surface area contributed by atoms with Crippen molar-refractivity contribution in [2.24, 2.45) is 7.05 Å². The Morgan fingerprint density at radius 2 is 1.80 bits per heavy atom. The van der Waals surface area contributed by atoms with E-state index in [2.05, 4.69) is 31.7 Å². The van der Waals surface area contributed by atoms with E-state index in [1.807, 2.05) is 55.1 Å². The number of hydrogen-bond acceptors (Lipinski definition) is 8. The number of amides is 1. The third-order valence-corrected chi connectivity index (χ3v) is 8.87. The molecule has 2 aromatic carbocycles. The molecule has 46 heavy (non-hydrogen) atoms. The number of halogens is 1. The highest BCUT2D eigenvalue weighted by Gasteiger charge is 2.27. The number of pyridine rings is 1. The van der Waals surface area contributed by atoms with Crippen LogP contribution in [0.3, 0.4) is 0 Å². The monoisotopic (exact) mass is 628 g/mol. The molecule has 0 bridgehead atoms. The maximum atomic E-state index is 14.5. The molecule has 0 unspecified atom stereocenters. The number of aryl methyl sites for hydroxylation is 2. The zero-order chi connectivity index (χ0) is 32.0. The van der Waals surface area contributed by atoms with Crippen molar-refractivity contribution in [1.82, 2.24) is 30.3 Å². The van der Waals surface area contributed by atoms with Gasteiger partial charge in [0.15, 0.2) is 11.5 Å². The molecule has 1 saturated heterocycles. The summed E-state index contributed by atoms with van der Waals surface area (Å²) in [6.45, 7) is 5.90. The number of morpholine rings is 1. The second kappa shape index (κ2) is 14.4. The molecule has 0 radical (unpaired) electrons. The van der Waals surface area contributed by atoms with Crippen LogP contribution in [0.25, 0.3) is 11.1 Å². The summed E-state index contributed by atoms with van der Waals surface area (Å²) in [7, 11) is 1.94. The van der Waals surface area contributed by atoms with E-state index in [1.54, 1.807) is 6.07 Å². The van der Waals surface area contributed by atoms with Gasteiger partial charge in [0.1, 0.15) is 11.4 Å². The first-order chi connectivity index (χ1) is 22.3. The van der Waals surface area contributed by atoms with Crippen LogP contribution in [0.1, 0.15) is 53.0 Å². The Labute approximate surface area is 268 Å². The van der Waals surface area contributed by atoms with Gasteiger partial charge in [-0.3, -0.25) is 14.4 Å². The predicted octanol–water partition coefficient (Wildman–Crippen LogP) is 5.09. The largest absolute Gasteiger partial charge is 0.504 e. The van der Waals surface area contributed by atoms with Crippen LogP contribution in [0.15, 0.2) is 60.8 Å². The maximum Gasteiger partial charge on any atom is 0.257 e. The highest BCUT2D eigenvalue weighted by atomic mass is 19.1. The molecule has 1 amide bonds. The summed E-state index contributed by atoms with van der Waals surface area (Å²) in [5.74, 6) is -1.08. The average molecular weight is 629 g/mol. The van der Waals surface area contributed by atoms with Gasteiger partial charge in [-0.15, -0.1) is 0 Å². The molecule has 2 fully saturated rings. The van der Waals surface area contributed by atoms with Gasteiger partial charge in [-0.2, -0.15) is 5.10 Å². The molecule has 6 rings (SSSR count). The summed E-state index contributed by atoms with van der Waals surface area (Å²) >= 11 is 0. The lowest BCUT2D eigenvalue weighted by molar-refractivity contribution is 0.0339. The van der Waals surface area contributed by atoms with E-state index < -0.39 is 11.7 Å². The van der Waals surface area contributed by atoms with Crippen molar-refractivity contribution >= 4 is 5.91 Å². The molecule has 1 aliphatic heterocycles. The van der Waals surface area contributed by atoms with E-state index in [1.165, 1.54) is 0 Å². The second-order valence-corrected chi connectivity index (χ2v) is 12.1. The van der Waals surface area contributed by atoms with Gasteiger partial charge in [-0.05, 0) is 61.9 Å². The molecule has 10 nitrogen and oxygen atoms in total. The molecule has 2 aliphatic rings. The van der Waals surface area contributed by atoms with Crippen molar-refractivity contribution in [3.8, 4) is 28.5 Å². The van der Waals surface area contributed by atoms with Gasteiger partial charge >= 0.3 is 0 Å². The van der Waals surface area contributed by atoms with E-state index in [4.69, 9.17) is 9.47 Å². The molecule has 3 N–H and O–H groups in total. The number of nitrogens with zero attached hydrogens (tertiary/aromatic N) is 4. The number of ether oxygens (including phenoxy) is 2. The topological polar surface area (TPSA) is 114 Å². The lowest BCUT2D eigenvalue weighted by Gasteiger charge is -2.30. The molecule has 11 heteroatoms. The normalized spacial score (nSPS) is 18.8. The van der Waals surface area contributed by atoms with Crippen LogP contribution < -0.4 is 15.4 Å². The number of phenols is 1. The summed E-state index contributed by atoms with van der Waals surface area (Å²) in [5, 5.41) is 22.2. The minimum Gasteiger partial charge on any atom is -0.504 e. The van der Waals surface area contributed by atoms with Gasteiger partial charge in [-0.25, -0.2) is 9.37 Å². The van der Waals surface area contributed by atoms with E-state index in [-0.39, 0.29) is 29.0 Å². The van der Waals surface area contributed by atoms with Crippen molar-refractivity contribution in [3.63, 3.8) is 0 Å². The molecule has 1 saturated carbocycles. The first kappa shape index (κ1) is 31.7. The van der Waals surface area contributed by atoms with Gasteiger partial charge in [0, 0.05) is 56.6 Å². The van der Waals surface area contributed by atoms with Crippen LogP contribution in [-0.4, -0.2) is 69.1 Å². The smallest absolute Gasteiger partial charge is 0.257 e. The van der Waals surface area contributed by atoms with Crippen LogP contribution in [-0.2, 0) is 24.9 Å². The summed E-state index contributed by atoms with van der Waals surface area (Å²) in [5.41, 5.74) is 4.70. The number of phenolic OH excluding ortho intramolecular Hbond substituents is 1. The van der Waals surface area contributed by atoms with Crippen molar-refractivity contribution in [2.45, 2.75) is 57.8 Å². The Bertz CT molecular complexity index is 1630. The summed E-state index contributed by atoms with van der Waals surface area (Å²) in [6.07, 6.45) is 4.38. The fraction of sp³-hybridized carbons (Fsp3) is 0.400. The Hall–Kier alpha value is -4.32. The number of rotatable bonds is 10. The van der Waals surface area contributed by atoms with Gasteiger partial charge in [-0.1, -0.05) is 36.4 Å². The number of carbonyl (C=O) groups is 1. The quantitative estimate of drug-likeness (QED) is 0.223. The number of carbonyl (C=O) groups excluding carboxylic acids is 1. The lowest BCUT2D eigenvalue weighted by atomic mass is 9.91. The Morgan fingerprint density at radius 3 is 2.52 bits per heavy atom. The number of aromatic hydroxyl groups is 1. The highest BCUT2D eigenvalue weighted by Crippen LogP contribution is 2.41. The van der Waals surface area contributed by atoms with Crippen LogP contribution >= 0.6 is 0 Å². The predicted molar refractivity (Wildman–Crippen MR) is 172 cm³/mol. The first-order valence-electron chi connectivity index (χ1n) is 15.9. The molecule has 0 atom stereocenters. The average Bonchev–Trinajstić information content (AvgIpc) is 3.40. The third kappa shape index (κ3) is 7.55. The second-order valence-electron chi connectivity index (χ2n) is 12.1. The van der Waals surface area contributed by atoms with Crippen molar-refractivity contribution in [1.29, 1.82) is 0 Å². The van der Waals surface area contributed by atoms with E-state index in [0.717, 1.165) is 79.1 Å². The number of aromatic nitrogens is 3. The molecule has 242 valence electrons. The zero-order valence-corrected chi connectivity index (χ0v) is 26.3. The first-order valence-corrected chi connectivity index (χ1v) is 15.9. The SMILES string of the molecule is Cc1cc(CNC2CCC(NC(=O)c3cc(F)cnc3Oc3c(O)ccc(-c4ccccc4)c3CN3CCOCC3)CC2)nn1C. The third-order valence-electron chi connectivity index (χ3n) is 8.87. The van der Waals surface area contributed by atoms with Crippen LogP contribution in [0.5, 0.6) is 17.4 Å². The Balaban J connectivity index is 1.18. The van der Waals surface area contributed by atoms with Crippen molar-refractivity contribution < 1.29 is 23.8 Å². The van der Waals surface area contributed by atoms with E-state index in [9.17, 15) is 14.3 Å². The lowest BCUT2D eigenvalue weighted by Crippen LogP contribution is -2.42. The maximum absolute atomic E-state index is 14.5. The van der Waals surface area contributed by atoms with Gasteiger partial charge in [0.05, 0.1) is 25.1 Å². The molecule has 4 aromatic rings. The molecule has 0 spiro atoms. The van der Waals surface area contributed by atoms with Gasteiger partial charge in [0.2, 0.25) is 5.88 Å². The van der Waals surface area contributed by atoms with Crippen LogP contribution in [0.4, 0.5) is 4.39 Å². The number of benzene rings is 2. The van der Waals surface area contributed by atoms with E-state index >= 15 is 0 Å². The van der Waals surface area contributed by atoms with E-state index in [0.29, 0.717) is 32.3 Å². The van der Waals surface area contributed by atoms with Crippen molar-refractivity contribution in [2.75, 3.05) is 26.3 Å². The zero-order valence-electron chi connectivity index (χ0n) is 26.3.